The van der Waals surface area contributed by atoms with Gasteiger partial charge in [-0.2, -0.15) is 0 Å². The summed E-state index contributed by atoms with van der Waals surface area (Å²) >= 11 is 0. The lowest BCUT2D eigenvalue weighted by Gasteiger charge is -2.13. The molecule has 2 heterocycles. The molecule has 2 rings (SSSR count). The highest BCUT2D eigenvalue weighted by atomic mass is 35.5. The van der Waals surface area contributed by atoms with Crippen LogP contribution in [0.3, 0.4) is 0 Å². The molecule has 3 nitrogen and oxygen atoms in total. The van der Waals surface area contributed by atoms with Crippen molar-refractivity contribution in [2.75, 3.05) is 6.54 Å². The lowest BCUT2D eigenvalue weighted by Crippen LogP contribution is -2.27. The maximum Gasteiger partial charge on any atom is 0.123 e. The molecule has 1 aromatic heterocycles. The first-order valence-electron chi connectivity index (χ1n) is 3.59. The largest absolute Gasteiger partial charge is 0.332 e. The molecule has 70 valence electrons. The summed E-state index contributed by atoms with van der Waals surface area (Å²) in [6.45, 7) is 5.10. The van der Waals surface area contributed by atoms with Crippen LogP contribution in [0.25, 0.3) is 0 Å². The molecule has 0 atom stereocenters. The van der Waals surface area contributed by atoms with Gasteiger partial charge in [-0.3, -0.25) is 0 Å². The van der Waals surface area contributed by atoms with Gasteiger partial charge >= 0.3 is 0 Å². The molecule has 1 N–H and O–H groups in total. The van der Waals surface area contributed by atoms with E-state index in [-0.39, 0.29) is 24.8 Å². The molecule has 1 aromatic rings. The lowest BCUT2D eigenvalue weighted by atomic mass is 10.4. The van der Waals surface area contributed by atoms with E-state index in [1.807, 2.05) is 6.92 Å². The summed E-state index contributed by atoms with van der Waals surface area (Å²) in [5.41, 5.74) is 1.12. The molecule has 0 bridgehead atoms. The van der Waals surface area contributed by atoms with Crippen molar-refractivity contribution in [2.24, 2.45) is 0 Å². The first-order chi connectivity index (χ1) is 4.86. The molecule has 1 aliphatic heterocycles. The Hall–Kier alpha value is -0.250. The fourth-order valence-electron chi connectivity index (χ4n) is 1.33. The minimum absolute atomic E-state index is 0. The van der Waals surface area contributed by atoms with E-state index in [0.29, 0.717) is 0 Å². The van der Waals surface area contributed by atoms with Crippen molar-refractivity contribution in [1.29, 1.82) is 0 Å². The Labute approximate surface area is 84.4 Å². The standard InChI is InChI=1S/C7H11N3.2ClH/c1-6-5-10-3-2-8-4-7(10)9-6;;/h5,8H,2-4H2,1H3;2*1H. The van der Waals surface area contributed by atoms with E-state index < -0.39 is 0 Å². The molecule has 0 aliphatic carbocycles. The van der Waals surface area contributed by atoms with E-state index in [1.54, 1.807) is 0 Å². The fraction of sp³-hybridized carbons (Fsp3) is 0.571. The number of imidazole rings is 1. The fourth-order valence-corrected chi connectivity index (χ4v) is 1.33. The topological polar surface area (TPSA) is 29.9 Å². The third-order valence-corrected chi connectivity index (χ3v) is 1.79. The van der Waals surface area contributed by atoms with Gasteiger partial charge in [0.25, 0.3) is 0 Å². The SMILES string of the molecule is Cc1cn2c(n1)CNCC2.Cl.Cl. The minimum atomic E-state index is 0. The zero-order valence-corrected chi connectivity index (χ0v) is 8.54. The predicted octanol–water partition coefficient (Wildman–Crippen LogP) is 1.14. The minimum Gasteiger partial charge on any atom is -0.332 e. The van der Waals surface area contributed by atoms with Gasteiger partial charge in [0, 0.05) is 19.3 Å². The molecule has 0 aromatic carbocycles. The van der Waals surface area contributed by atoms with E-state index in [0.717, 1.165) is 25.3 Å². The van der Waals surface area contributed by atoms with Gasteiger partial charge in [0.05, 0.1) is 12.2 Å². The van der Waals surface area contributed by atoms with Crippen molar-refractivity contribution in [3.05, 3.63) is 17.7 Å². The van der Waals surface area contributed by atoms with Gasteiger partial charge in [0.1, 0.15) is 5.82 Å². The Kier molecular flexibility index (Phi) is 4.60. The van der Waals surface area contributed by atoms with Crippen LogP contribution >= 0.6 is 24.8 Å². The number of rotatable bonds is 0. The second kappa shape index (κ2) is 4.70. The molecule has 12 heavy (non-hydrogen) atoms. The highest BCUT2D eigenvalue weighted by molar-refractivity contribution is 5.85. The van der Waals surface area contributed by atoms with E-state index in [2.05, 4.69) is 21.1 Å². The van der Waals surface area contributed by atoms with Gasteiger partial charge in [0.2, 0.25) is 0 Å². The van der Waals surface area contributed by atoms with Crippen LogP contribution in [0.2, 0.25) is 0 Å². The summed E-state index contributed by atoms with van der Waals surface area (Å²) < 4.78 is 2.21. The molecular formula is C7H13Cl2N3. The summed E-state index contributed by atoms with van der Waals surface area (Å²) in [4.78, 5) is 4.35. The predicted molar refractivity (Wildman–Crippen MR) is 53.2 cm³/mol. The quantitative estimate of drug-likeness (QED) is 0.695. The second-order valence-corrected chi connectivity index (χ2v) is 2.67. The van der Waals surface area contributed by atoms with E-state index in [9.17, 15) is 0 Å². The van der Waals surface area contributed by atoms with Crippen molar-refractivity contribution in [2.45, 2.75) is 20.0 Å². The van der Waals surface area contributed by atoms with Gasteiger partial charge in [-0.1, -0.05) is 0 Å². The molecular weight excluding hydrogens is 197 g/mol. The average Bonchev–Trinajstić information content (AvgIpc) is 2.27. The van der Waals surface area contributed by atoms with E-state index in [1.165, 1.54) is 5.82 Å². The van der Waals surface area contributed by atoms with Crippen molar-refractivity contribution in [3.8, 4) is 0 Å². The highest BCUT2D eigenvalue weighted by Crippen LogP contribution is 2.04. The van der Waals surface area contributed by atoms with Crippen LogP contribution in [0.5, 0.6) is 0 Å². The third-order valence-electron chi connectivity index (χ3n) is 1.79. The van der Waals surface area contributed by atoms with Gasteiger partial charge in [-0.05, 0) is 6.92 Å². The maximum absolute atomic E-state index is 4.35. The average molecular weight is 210 g/mol. The first-order valence-corrected chi connectivity index (χ1v) is 3.59. The van der Waals surface area contributed by atoms with Gasteiger partial charge in [-0.15, -0.1) is 24.8 Å². The zero-order chi connectivity index (χ0) is 6.97. The number of hydrogen-bond acceptors (Lipinski definition) is 2. The van der Waals surface area contributed by atoms with Crippen LogP contribution in [-0.4, -0.2) is 16.1 Å². The van der Waals surface area contributed by atoms with Crippen LogP contribution < -0.4 is 5.32 Å². The number of aromatic nitrogens is 2. The molecule has 0 radical (unpaired) electrons. The Balaban J connectivity index is 0.000000605. The molecule has 0 saturated carbocycles. The first kappa shape index (κ1) is 11.8. The van der Waals surface area contributed by atoms with Crippen LogP contribution in [0, 0.1) is 6.92 Å². The van der Waals surface area contributed by atoms with E-state index in [4.69, 9.17) is 0 Å². The van der Waals surface area contributed by atoms with Crippen molar-refractivity contribution >= 4 is 24.8 Å². The Bertz CT molecular complexity index is 223. The van der Waals surface area contributed by atoms with Crippen LogP contribution in [0.15, 0.2) is 6.20 Å². The number of hydrogen-bond donors (Lipinski definition) is 1. The summed E-state index contributed by atoms with van der Waals surface area (Å²) in [5.74, 6) is 1.17. The smallest absolute Gasteiger partial charge is 0.123 e. The normalized spacial score (nSPS) is 14.1. The van der Waals surface area contributed by atoms with Gasteiger partial charge in [-0.25, -0.2) is 4.98 Å². The Morgan fingerprint density at radius 2 is 2.25 bits per heavy atom. The van der Waals surface area contributed by atoms with Crippen LogP contribution in [-0.2, 0) is 13.1 Å². The molecule has 0 fully saturated rings. The summed E-state index contributed by atoms with van der Waals surface area (Å²) in [5, 5.41) is 3.27. The lowest BCUT2D eigenvalue weighted by molar-refractivity contribution is 0.505. The summed E-state index contributed by atoms with van der Waals surface area (Å²) in [6.07, 6.45) is 2.11. The number of halogens is 2. The highest BCUT2D eigenvalue weighted by Gasteiger charge is 2.08. The van der Waals surface area contributed by atoms with Gasteiger partial charge < -0.3 is 9.88 Å². The number of fused-ring (bicyclic) bond motifs is 1. The molecule has 0 amide bonds. The zero-order valence-electron chi connectivity index (χ0n) is 6.91. The maximum atomic E-state index is 4.35. The molecule has 5 heteroatoms. The second-order valence-electron chi connectivity index (χ2n) is 2.67. The van der Waals surface area contributed by atoms with Crippen molar-refractivity contribution in [1.82, 2.24) is 14.9 Å². The van der Waals surface area contributed by atoms with Crippen molar-refractivity contribution < 1.29 is 0 Å². The summed E-state index contributed by atoms with van der Waals surface area (Å²) in [7, 11) is 0. The van der Waals surface area contributed by atoms with E-state index >= 15 is 0 Å². The van der Waals surface area contributed by atoms with Crippen LogP contribution in [0.1, 0.15) is 11.5 Å². The molecule has 0 saturated heterocycles. The number of aryl methyl sites for hydroxylation is 1. The molecule has 1 aliphatic rings. The van der Waals surface area contributed by atoms with Gasteiger partial charge in [0.15, 0.2) is 0 Å². The Morgan fingerprint density at radius 3 is 2.92 bits per heavy atom. The number of nitrogens with one attached hydrogen (secondary N) is 1. The van der Waals surface area contributed by atoms with Crippen molar-refractivity contribution in [3.63, 3.8) is 0 Å². The third kappa shape index (κ3) is 2.12. The summed E-state index contributed by atoms with van der Waals surface area (Å²) in [6, 6.07) is 0. The molecule has 0 unspecified atom stereocenters. The Morgan fingerprint density at radius 1 is 1.50 bits per heavy atom. The molecule has 0 spiro atoms. The monoisotopic (exact) mass is 209 g/mol. The number of nitrogens with zero attached hydrogens (tertiary/aromatic N) is 2. The van der Waals surface area contributed by atoms with Crippen LogP contribution in [0.4, 0.5) is 0 Å².